The summed E-state index contributed by atoms with van der Waals surface area (Å²) in [6.07, 6.45) is 8.38. The van der Waals surface area contributed by atoms with E-state index >= 15 is 0 Å². The molecule has 1 aliphatic heterocycles. The number of carbonyl (C=O) groups excluding carboxylic acids is 2. The molecule has 1 aliphatic carbocycles. The first-order chi connectivity index (χ1) is 13.5. The molecule has 3 heterocycles. The van der Waals surface area contributed by atoms with Crippen LogP contribution in [0.4, 0.5) is 0 Å². The molecule has 0 aromatic carbocycles. The zero-order valence-corrected chi connectivity index (χ0v) is 16.7. The van der Waals surface area contributed by atoms with Crippen molar-refractivity contribution in [3.05, 3.63) is 24.1 Å². The van der Waals surface area contributed by atoms with E-state index in [1.54, 1.807) is 24.3 Å². The first-order valence-electron chi connectivity index (χ1n) is 10.2. The highest BCUT2D eigenvalue weighted by Gasteiger charge is 2.48. The van der Waals surface area contributed by atoms with Gasteiger partial charge in [-0.1, -0.05) is 25.7 Å². The zero-order chi connectivity index (χ0) is 19.7. The molecule has 0 saturated heterocycles. The van der Waals surface area contributed by atoms with Crippen LogP contribution >= 0.6 is 0 Å². The lowest BCUT2D eigenvalue weighted by molar-refractivity contribution is -0.134. The second-order valence-corrected chi connectivity index (χ2v) is 8.17. The molecule has 0 bridgehead atoms. The lowest BCUT2D eigenvalue weighted by Crippen LogP contribution is -2.65. The van der Waals surface area contributed by atoms with E-state index in [2.05, 4.69) is 5.32 Å². The summed E-state index contributed by atoms with van der Waals surface area (Å²) in [6.45, 7) is 3.02. The molecule has 152 valence electrons. The van der Waals surface area contributed by atoms with E-state index in [0.717, 1.165) is 31.2 Å². The minimum Gasteiger partial charge on any atom is -0.463 e. The number of fused-ring (bicyclic) bond motifs is 3. The van der Waals surface area contributed by atoms with E-state index in [1.807, 2.05) is 17.6 Å². The standard InChI is InChI=1S/C21H29N3O4/c1-21(20(26)22-15-7-5-3-4-6-8-15)14-23-16-9-11-28-18(16)13-17(23)19(25)24(21)10-12-27-2/h9,11,13,15H,3-8,10,12,14H2,1-2H3,(H,22,26). The minimum atomic E-state index is -0.974. The molecular formula is C21H29N3O4. The topological polar surface area (TPSA) is 76.7 Å². The van der Waals surface area contributed by atoms with Gasteiger partial charge in [-0.2, -0.15) is 0 Å². The van der Waals surface area contributed by atoms with Crippen molar-refractivity contribution in [2.75, 3.05) is 20.3 Å². The van der Waals surface area contributed by atoms with Gasteiger partial charge in [0.25, 0.3) is 5.91 Å². The number of amides is 2. The average molecular weight is 387 g/mol. The van der Waals surface area contributed by atoms with Gasteiger partial charge in [0.05, 0.1) is 24.9 Å². The molecule has 2 aliphatic rings. The van der Waals surface area contributed by atoms with Crippen LogP contribution in [-0.4, -0.2) is 53.1 Å². The third-order valence-electron chi connectivity index (χ3n) is 6.25. The number of nitrogens with zero attached hydrogens (tertiary/aromatic N) is 2. The summed E-state index contributed by atoms with van der Waals surface area (Å²) in [7, 11) is 1.60. The maximum Gasteiger partial charge on any atom is 0.271 e. The van der Waals surface area contributed by atoms with Crippen molar-refractivity contribution in [2.24, 2.45) is 0 Å². The van der Waals surface area contributed by atoms with Gasteiger partial charge in [0, 0.05) is 31.8 Å². The van der Waals surface area contributed by atoms with Crippen molar-refractivity contribution < 1.29 is 18.7 Å². The Labute approximate surface area is 165 Å². The molecule has 7 nitrogen and oxygen atoms in total. The summed E-state index contributed by atoms with van der Waals surface area (Å²) in [6, 6.07) is 3.80. The average Bonchev–Trinajstić information content (AvgIpc) is 3.16. The maximum absolute atomic E-state index is 13.4. The molecule has 2 aromatic rings. The number of hydrogen-bond donors (Lipinski definition) is 1. The van der Waals surface area contributed by atoms with Gasteiger partial charge in [-0.3, -0.25) is 9.59 Å². The Balaban J connectivity index is 1.66. The molecule has 1 N–H and O–H groups in total. The molecule has 4 rings (SSSR count). The fraction of sp³-hybridized carbons (Fsp3) is 0.619. The van der Waals surface area contributed by atoms with Gasteiger partial charge >= 0.3 is 0 Å². The van der Waals surface area contributed by atoms with Crippen molar-refractivity contribution in [1.82, 2.24) is 14.8 Å². The summed E-state index contributed by atoms with van der Waals surface area (Å²) in [5, 5.41) is 3.25. The van der Waals surface area contributed by atoms with Crippen LogP contribution in [0.1, 0.15) is 55.9 Å². The van der Waals surface area contributed by atoms with E-state index in [-0.39, 0.29) is 17.9 Å². The highest BCUT2D eigenvalue weighted by molar-refractivity contribution is 6.02. The van der Waals surface area contributed by atoms with Crippen molar-refractivity contribution >= 4 is 22.9 Å². The number of ether oxygens (including phenoxy) is 1. The number of furan rings is 1. The van der Waals surface area contributed by atoms with Crippen molar-refractivity contribution in [2.45, 2.75) is 63.6 Å². The first-order valence-corrected chi connectivity index (χ1v) is 10.2. The molecule has 1 unspecified atom stereocenters. The predicted molar refractivity (Wildman–Crippen MR) is 105 cm³/mol. The molecule has 2 aromatic heterocycles. The van der Waals surface area contributed by atoms with E-state index in [1.165, 1.54) is 12.8 Å². The van der Waals surface area contributed by atoms with Gasteiger partial charge in [0.15, 0.2) is 5.58 Å². The zero-order valence-electron chi connectivity index (χ0n) is 16.7. The smallest absolute Gasteiger partial charge is 0.271 e. The largest absolute Gasteiger partial charge is 0.463 e. The fourth-order valence-corrected chi connectivity index (χ4v) is 4.57. The lowest BCUT2D eigenvalue weighted by atomic mass is 9.93. The van der Waals surface area contributed by atoms with Crippen LogP contribution in [0.25, 0.3) is 11.1 Å². The van der Waals surface area contributed by atoms with Gasteiger partial charge in [-0.15, -0.1) is 0 Å². The molecule has 0 radical (unpaired) electrons. The Hall–Kier alpha value is -2.28. The van der Waals surface area contributed by atoms with Gasteiger partial charge in [0.2, 0.25) is 5.91 Å². The van der Waals surface area contributed by atoms with Crippen LogP contribution < -0.4 is 5.32 Å². The van der Waals surface area contributed by atoms with Gasteiger partial charge in [0.1, 0.15) is 11.2 Å². The SMILES string of the molecule is COCCN1C(=O)c2cc3occc3n2CC1(C)C(=O)NC1CCCCCC1. The van der Waals surface area contributed by atoms with Crippen molar-refractivity contribution in [3.63, 3.8) is 0 Å². The van der Waals surface area contributed by atoms with E-state index in [4.69, 9.17) is 9.15 Å². The molecule has 28 heavy (non-hydrogen) atoms. The van der Waals surface area contributed by atoms with Gasteiger partial charge < -0.3 is 23.9 Å². The number of carbonyl (C=O) groups is 2. The summed E-state index contributed by atoms with van der Waals surface area (Å²) >= 11 is 0. The van der Waals surface area contributed by atoms with Gasteiger partial charge in [-0.25, -0.2) is 0 Å². The van der Waals surface area contributed by atoms with E-state index < -0.39 is 5.54 Å². The van der Waals surface area contributed by atoms with Crippen LogP contribution in [0.2, 0.25) is 0 Å². The summed E-state index contributed by atoms with van der Waals surface area (Å²) in [5.41, 5.74) is 1.11. The predicted octanol–water partition coefficient (Wildman–Crippen LogP) is 2.93. The quantitative estimate of drug-likeness (QED) is 0.801. The molecule has 2 amide bonds. The third kappa shape index (κ3) is 3.21. The number of rotatable bonds is 5. The molecule has 1 saturated carbocycles. The number of aromatic nitrogens is 1. The number of nitrogens with one attached hydrogen (secondary N) is 1. The van der Waals surface area contributed by atoms with Crippen LogP contribution in [-0.2, 0) is 16.1 Å². The lowest BCUT2D eigenvalue weighted by Gasteiger charge is -2.44. The van der Waals surface area contributed by atoms with Crippen LogP contribution in [0.5, 0.6) is 0 Å². The molecular weight excluding hydrogens is 358 g/mol. The Bertz CT molecular complexity index is 862. The van der Waals surface area contributed by atoms with E-state index in [0.29, 0.717) is 31.0 Å². The summed E-state index contributed by atoms with van der Waals surface area (Å²) in [5.74, 6) is -0.243. The Morgan fingerprint density at radius 1 is 1.32 bits per heavy atom. The van der Waals surface area contributed by atoms with Gasteiger partial charge in [-0.05, 0) is 19.8 Å². The van der Waals surface area contributed by atoms with E-state index in [9.17, 15) is 9.59 Å². The van der Waals surface area contributed by atoms with Crippen LogP contribution in [0.15, 0.2) is 22.8 Å². The Morgan fingerprint density at radius 3 is 2.79 bits per heavy atom. The molecule has 7 heteroatoms. The molecule has 1 atom stereocenters. The third-order valence-corrected chi connectivity index (χ3v) is 6.25. The Kier molecular flexibility index (Phi) is 5.19. The normalized spacial score (nSPS) is 23.6. The highest BCUT2D eigenvalue weighted by atomic mass is 16.5. The number of hydrogen-bond acceptors (Lipinski definition) is 4. The summed E-state index contributed by atoms with van der Waals surface area (Å²) < 4.78 is 12.6. The molecule has 0 spiro atoms. The van der Waals surface area contributed by atoms with Crippen molar-refractivity contribution in [3.8, 4) is 0 Å². The number of methoxy groups -OCH3 is 1. The van der Waals surface area contributed by atoms with Crippen molar-refractivity contribution in [1.29, 1.82) is 0 Å². The highest BCUT2D eigenvalue weighted by Crippen LogP contribution is 2.33. The second-order valence-electron chi connectivity index (χ2n) is 8.17. The molecule has 1 fully saturated rings. The van der Waals surface area contributed by atoms with Crippen LogP contribution in [0.3, 0.4) is 0 Å². The maximum atomic E-state index is 13.4. The monoisotopic (exact) mass is 387 g/mol. The fourth-order valence-electron chi connectivity index (χ4n) is 4.57. The Morgan fingerprint density at radius 2 is 2.07 bits per heavy atom. The second kappa shape index (κ2) is 7.62. The van der Waals surface area contributed by atoms with Crippen LogP contribution in [0, 0.1) is 0 Å². The summed E-state index contributed by atoms with van der Waals surface area (Å²) in [4.78, 5) is 28.4. The first kappa shape index (κ1) is 19.1. The minimum absolute atomic E-state index is 0.0835.